The van der Waals surface area contributed by atoms with Crippen LogP contribution in [0.15, 0.2) is 91.3 Å². The second-order valence-electron chi connectivity index (χ2n) is 13.2. The van der Waals surface area contributed by atoms with Gasteiger partial charge in [0.05, 0.1) is 0 Å². The van der Waals surface area contributed by atoms with Crippen LogP contribution in [0.25, 0.3) is 6.08 Å². The van der Waals surface area contributed by atoms with Gasteiger partial charge in [0.15, 0.2) is 5.78 Å². The number of nitrogens with zero attached hydrogens (tertiary/aromatic N) is 3. The van der Waals surface area contributed by atoms with Gasteiger partial charge in [-0.2, -0.15) is 0 Å². The van der Waals surface area contributed by atoms with Crippen LogP contribution < -0.4 is 10.4 Å². The highest BCUT2D eigenvalue weighted by atomic mass is 28.4. The van der Waals surface area contributed by atoms with Crippen LogP contribution in [-0.4, -0.2) is 35.7 Å². The number of pyridine rings is 1. The highest BCUT2D eigenvalue weighted by molar-refractivity contribution is 6.99. The maximum atomic E-state index is 12.5. The number of aromatic nitrogens is 3. The molecule has 0 unspecified atom stereocenters. The molecule has 1 aliphatic rings. The van der Waals surface area contributed by atoms with Gasteiger partial charge in [0, 0.05) is 48.8 Å². The molecule has 5 nitrogen and oxygen atoms in total. The minimum atomic E-state index is -2.54. The SMILES string of the molecule is CC(C)(C)[Si](OCCCc1ncc(/C=C/C(=O)CCCCc2ccc3c(n2)CCCC3)cn1)(c1ccccc1)c1ccccc1. The molecule has 0 N–H and O–H groups in total. The Balaban J connectivity index is 1.08. The first kappa shape index (κ1) is 32.6. The normalized spacial score (nSPS) is 13.6. The van der Waals surface area contributed by atoms with Crippen molar-refractivity contribution in [1.82, 2.24) is 15.0 Å². The minimum absolute atomic E-state index is 0.0454. The Bertz CT molecular complexity index is 1510. The van der Waals surface area contributed by atoms with E-state index in [2.05, 4.69) is 104 Å². The van der Waals surface area contributed by atoms with Gasteiger partial charge >= 0.3 is 0 Å². The predicted octanol–water partition coefficient (Wildman–Crippen LogP) is 7.25. The number of benzene rings is 2. The standard InChI is InChI=1S/C39H47N3O2Si/c1-39(2,3)45(35-18-6-4-7-19-35,36-20-8-5-9-21-36)44-28-14-23-38-40-29-31(30-41-38)24-27-34(43)17-12-11-16-33-26-25-32-15-10-13-22-37(32)42-33/h4-9,18-21,24-27,29-30H,10-17,22-23,28H2,1-3H3/b27-24+. The predicted molar refractivity (Wildman–Crippen MR) is 186 cm³/mol. The molecule has 0 spiro atoms. The molecule has 6 heteroatoms. The highest BCUT2D eigenvalue weighted by Crippen LogP contribution is 2.36. The molecule has 0 saturated heterocycles. The van der Waals surface area contributed by atoms with Crippen LogP contribution in [0.2, 0.25) is 5.04 Å². The number of rotatable bonds is 14. The first-order chi connectivity index (χ1) is 21.8. The van der Waals surface area contributed by atoms with Crippen molar-refractivity contribution in [2.75, 3.05) is 6.61 Å². The Morgan fingerprint density at radius 2 is 1.49 bits per heavy atom. The molecular formula is C39H47N3O2Si. The molecule has 0 fully saturated rings. The van der Waals surface area contributed by atoms with Crippen molar-refractivity contribution >= 4 is 30.6 Å². The zero-order valence-electron chi connectivity index (χ0n) is 27.2. The third-order valence-electron chi connectivity index (χ3n) is 8.81. The van der Waals surface area contributed by atoms with Gasteiger partial charge in [0.1, 0.15) is 5.82 Å². The van der Waals surface area contributed by atoms with E-state index < -0.39 is 8.32 Å². The molecule has 1 aliphatic carbocycles. The number of aryl methyl sites for hydroxylation is 4. The number of unbranched alkanes of at least 4 members (excludes halogenated alkanes) is 1. The largest absolute Gasteiger partial charge is 0.407 e. The Labute approximate surface area is 270 Å². The van der Waals surface area contributed by atoms with E-state index in [0.29, 0.717) is 13.0 Å². The van der Waals surface area contributed by atoms with Gasteiger partial charge in [-0.25, -0.2) is 9.97 Å². The summed E-state index contributed by atoms with van der Waals surface area (Å²) >= 11 is 0. The lowest BCUT2D eigenvalue weighted by atomic mass is 9.95. The van der Waals surface area contributed by atoms with E-state index in [-0.39, 0.29) is 10.8 Å². The van der Waals surface area contributed by atoms with E-state index >= 15 is 0 Å². The molecule has 0 saturated carbocycles. The first-order valence-electron chi connectivity index (χ1n) is 16.6. The van der Waals surface area contributed by atoms with Crippen LogP contribution in [0.5, 0.6) is 0 Å². The lowest BCUT2D eigenvalue weighted by Gasteiger charge is -2.43. The zero-order valence-corrected chi connectivity index (χ0v) is 28.2. The van der Waals surface area contributed by atoms with Crippen molar-refractivity contribution in [2.24, 2.45) is 0 Å². The maximum Gasteiger partial charge on any atom is 0.261 e. The number of carbonyl (C=O) groups excluding carboxylic acids is 1. The molecule has 2 aromatic carbocycles. The molecule has 0 radical (unpaired) electrons. The topological polar surface area (TPSA) is 65.0 Å². The molecule has 5 rings (SSSR count). The Hall–Kier alpha value is -3.74. The number of allylic oxidation sites excluding steroid dienone is 1. The molecule has 45 heavy (non-hydrogen) atoms. The second kappa shape index (κ2) is 15.5. The number of ketones is 1. The third kappa shape index (κ3) is 8.50. The average molecular weight is 618 g/mol. The van der Waals surface area contributed by atoms with E-state index in [4.69, 9.17) is 9.41 Å². The zero-order chi connectivity index (χ0) is 31.5. The number of carbonyl (C=O) groups is 1. The summed E-state index contributed by atoms with van der Waals surface area (Å²) in [6.07, 6.45) is 16.8. The van der Waals surface area contributed by atoms with Crippen molar-refractivity contribution in [3.8, 4) is 0 Å². The molecule has 2 heterocycles. The lowest BCUT2D eigenvalue weighted by molar-refractivity contribution is -0.114. The lowest BCUT2D eigenvalue weighted by Crippen LogP contribution is -2.66. The van der Waals surface area contributed by atoms with E-state index in [9.17, 15) is 4.79 Å². The van der Waals surface area contributed by atoms with Crippen LogP contribution >= 0.6 is 0 Å². The second-order valence-corrected chi connectivity index (χ2v) is 17.5. The van der Waals surface area contributed by atoms with Crippen molar-refractivity contribution in [2.45, 2.75) is 90.0 Å². The minimum Gasteiger partial charge on any atom is -0.407 e. The molecule has 0 bridgehead atoms. The van der Waals surface area contributed by atoms with E-state index in [1.807, 2.05) is 6.08 Å². The fraction of sp³-hybridized carbons (Fsp3) is 0.385. The Morgan fingerprint density at radius 1 is 0.822 bits per heavy atom. The Kier molecular flexibility index (Phi) is 11.2. The third-order valence-corrected chi connectivity index (χ3v) is 13.9. The van der Waals surface area contributed by atoms with Crippen LogP contribution in [0.1, 0.15) is 87.6 Å². The van der Waals surface area contributed by atoms with Crippen LogP contribution in [0.4, 0.5) is 0 Å². The summed E-state index contributed by atoms with van der Waals surface area (Å²) in [5.41, 5.74) is 4.71. The fourth-order valence-electron chi connectivity index (χ4n) is 6.44. The number of hydrogen-bond acceptors (Lipinski definition) is 5. The van der Waals surface area contributed by atoms with E-state index in [1.165, 1.54) is 34.5 Å². The summed E-state index contributed by atoms with van der Waals surface area (Å²) in [5, 5.41) is 2.53. The van der Waals surface area contributed by atoms with Crippen molar-refractivity contribution in [3.05, 3.63) is 120 Å². The van der Waals surface area contributed by atoms with Crippen LogP contribution in [0.3, 0.4) is 0 Å². The van der Waals surface area contributed by atoms with Gasteiger partial charge in [0.2, 0.25) is 0 Å². The van der Waals surface area contributed by atoms with Gasteiger partial charge in [-0.05, 0) is 90.6 Å². The first-order valence-corrected chi connectivity index (χ1v) is 18.5. The monoisotopic (exact) mass is 617 g/mol. The van der Waals surface area contributed by atoms with Crippen LogP contribution in [-0.2, 0) is 34.9 Å². The van der Waals surface area contributed by atoms with E-state index in [1.54, 1.807) is 18.5 Å². The highest BCUT2D eigenvalue weighted by Gasteiger charge is 2.49. The molecule has 2 aromatic heterocycles. The van der Waals surface area contributed by atoms with E-state index in [0.717, 1.165) is 62.0 Å². The summed E-state index contributed by atoms with van der Waals surface area (Å²) in [5.74, 6) is 0.929. The molecule has 234 valence electrons. The summed E-state index contributed by atoms with van der Waals surface area (Å²) < 4.78 is 7.00. The molecule has 4 aromatic rings. The van der Waals surface area contributed by atoms with Crippen molar-refractivity contribution in [1.29, 1.82) is 0 Å². The molecule has 0 aliphatic heterocycles. The van der Waals surface area contributed by atoms with Gasteiger partial charge in [-0.1, -0.05) is 87.5 Å². The summed E-state index contributed by atoms with van der Waals surface area (Å²) in [7, 11) is -2.54. The summed E-state index contributed by atoms with van der Waals surface area (Å²) in [6.45, 7) is 7.53. The van der Waals surface area contributed by atoms with Gasteiger partial charge < -0.3 is 4.43 Å². The average Bonchev–Trinajstić information content (AvgIpc) is 3.06. The summed E-state index contributed by atoms with van der Waals surface area (Å²) in [6, 6.07) is 25.9. The quantitative estimate of drug-likeness (QED) is 0.0847. The maximum absolute atomic E-state index is 12.5. The van der Waals surface area contributed by atoms with Crippen molar-refractivity contribution < 1.29 is 9.22 Å². The van der Waals surface area contributed by atoms with Gasteiger partial charge in [-0.15, -0.1) is 0 Å². The number of hydrogen-bond donors (Lipinski definition) is 0. The van der Waals surface area contributed by atoms with Crippen molar-refractivity contribution in [3.63, 3.8) is 0 Å². The fourth-order valence-corrected chi connectivity index (χ4v) is 11.0. The van der Waals surface area contributed by atoms with Gasteiger partial charge in [-0.3, -0.25) is 9.78 Å². The molecular weight excluding hydrogens is 571 g/mol. The molecule has 0 amide bonds. The summed E-state index contributed by atoms with van der Waals surface area (Å²) in [4.78, 5) is 26.5. The smallest absolute Gasteiger partial charge is 0.261 e. The number of fused-ring (bicyclic) bond motifs is 1. The van der Waals surface area contributed by atoms with Crippen LogP contribution in [0, 0.1) is 0 Å². The Morgan fingerprint density at radius 3 is 2.16 bits per heavy atom. The van der Waals surface area contributed by atoms with Gasteiger partial charge in [0.25, 0.3) is 8.32 Å². The molecule has 0 atom stereocenters.